The van der Waals surface area contributed by atoms with Crippen LogP contribution in [0.5, 0.6) is 0 Å². The van der Waals surface area contributed by atoms with E-state index in [1.165, 1.54) is 5.56 Å². The maximum atomic E-state index is 12.2. The Hall–Kier alpha value is -1.35. The van der Waals surface area contributed by atoms with E-state index < -0.39 is 0 Å². The molecule has 98 valence electrons. The molecular formula is C15H22N2O. The van der Waals surface area contributed by atoms with Gasteiger partial charge < -0.3 is 11.1 Å². The number of hydrogen-bond acceptors (Lipinski definition) is 2. The standard InChI is InChI=1S/C15H22N2O/c1-10-6-7-14(11(2)8-10)17-15(18)12-4-3-5-13(16)9-12/h6-8,12-13H,3-5,9,16H2,1-2H3,(H,17,18). The largest absolute Gasteiger partial charge is 0.328 e. The van der Waals surface area contributed by atoms with Crippen LogP contribution in [-0.2, 0) is 4.79 Å². The third kappa shape index (κ3) is 3.10. The van der Waals surface area contributed by atoms with Gasteiger partial charge in [0.2, 0.25) is 5.91 Å². The summed E-state index contributed by atoms with van der Waals surface area (Å²) in [6.45, 7) is 4.08. The van der Waals surface area contributed by atoms with Gasteiger partial charge in [0.05, 0.1) is 0 Å². The van der Waals surface area contributed by atoms with Crippen LogP contribution < -0.4 is 11.1 Å². The van der Waals surface area contributed by atoms with Gasteiger partial charge >= 0.3 is 0 Å². The molecule has 2 unspecified atom stereocenters. The number of hydrogen-bond donors (Lipinski definition) is 2. The molecule has 0 heterocycles. The van der Waals surface area contributed by atoms with E-state index in [9.17, 15) is 4.79 Å². The van der Waals surface area contributed by atoms with Crippen LogP contribution in [0.15, 0.2) is 18.2 Å². The van der Waals surface area contributed by atoms with Crippen molar-refractivity contribution in [2.75, 3.05) is 5.32 Å². The number of benzene rings is 1. The Morgan fingerprint density at radius 2 is 2.11 bits per heavy atom. The number of carbonyl (C=O) groups excluding carboxylic acids is 1. The Balaban J connectivity index is 2.02. The van der Waals surface area contributed by atoms with Crippen molar-refractivity contribution in [2.45, 2.75) is 45.6 Å². The quantitative estimate of drug-likeness (QED) is 0.843. The van der Waals surface area contributed by atoms with E-state index >= 15 is 0 Å². The second-order valence-corrected chi connectivity index (χ2v) is 5.43. The second-order valence-electron chi connectivity index (χ2n) is 5.43. The smallest absolute Gasteiger partial charge is 0.227 e. The maximum Gasteiger partial charge on any atom is 0.227 e. The molecule has 1 amide bonds. The Bertz CT molecular complexity index is 442. The number of nitrogens with one attached hydrogen (secondary N) is 1. The molecule has 1 aliphatic rings. The van der Waals surface area contributed by atoms with Crippen LogP contribution in [0.1, 0.15) is 36.8 Å². The van der Waals surface area contributed by atoms with Gasteiger partial charge in [-0.05, 0) is 44.7 Å². The molecule has 0 bridgehead atoms. The minimum absolute atomic E-state index is 0.0782. The zero-order chi connectivity index (χ0) is 13.1. The second kappa shape index (κ2) is 5.53. The minimum atomic E-state index is 0.0782. The number of anilines is 1. The van der Waals surface area contributed by atoms with Gasteiger partial charge in [0.1, 0.15) is 0 Å². The molecule has 3 N–H and O–H groups in total. The molecule has 1 aromatic rings. The van der Waals surface area contributed by atoms with Crippen molar-refractivity contribution >= 4 is 11.6 Å². The van der Waals surface area contributed by atoms with Crippen LogP contribution in [-0.4, -0.2) is 11.9 Å². The van der Waals surface area contributed by atoms with Crippen molar-refractivity contribution in [3.63, 3.8) is 0 Å². The summed E-state index contributed by atoms with van der Waals surface area (Å²) in [7, 11) is 0. The van der Waals surface area contributed by atoms with E-state index in [1.807, 2.05) is 19.1 Å². The molecule has 0 saturated heterocycles. The van der Waals surface area contributed by atoms with E-state index in [0.717, 1.165) is 36.9 Å². The molecular weight excluding hydrogens is 224 g/mol. The van der Waals surface area contributed by atoms with Gasteiger partial charge in [0.25, 0.3) is 0 Å². The summed E-state index contributed by atoms with van der Waals surface area (Å²) in [6, 6.07) is 6.27. The highest BCUT2D eigenvalue weighted by Gasteiger charge is 2.25. The minimum Gasteiger partial charge on any atom is -0.328 e. The zero-order valence-corrected chi connectivity index (χ0v) is 11.2. The molecule has 1 aromatic carbocycles. The molecule has 2 atom stereocenters. The Morgan fingerprint density at radius 1 is 1.33 bits per heavy atom. The van der Waals surface area contributed by atoms with Crippen molar-refractivity contribution in [2.24, 2.45) is 11.7 Å². The highest BCUT2D eigenvalue weighted by molar-refractivity contribution is 5.93. The summed E-state index contributed by atoms with van der Waals surface area (Å²) in [5, 5.41) is 3.03. The van der Waals surface area contributed by atoms with Crippen LogP contribution >= 0.6 is 0 Å². The van der Waals surface area contributed by atoms with Gasteiger partial charge in [-0.1, -0.05) is 24.1 Å². The first-order valence-corrected chi connectivity index (χ1v) is 6.70. The van der Waals surface area contributed by atoms with E-state index in [-0.39, 0.29) is 17.9 Å². The molecule has 0 spiro atoms. The lowest BCUT2D eigenvalue weighted by atomic mass is 9.85. The van der Waals surface area contributed by atoms with Crippen molar-refractivity contribution in [3.05, 3.63) is 29.3 Å². The highest BCUT2D eigenvalue weighted by Crippen LogP contribution is 2.25. The predicted octanol–water partition coefficient (Wildman–Crippen LogP) is 2.76. The topological polar surface area (TPSA) is 55.1 Å². The third-order valence-electron chi connectivity index (χ3n) is 3.73. The van der Waals surface area contributed by atoms with Crippen LogP contribution in [0.25, 0.3) is 0 Å². The van der Waals surface area contributed by atoms with Crippen molar-refractivity contribution in [1.82, 2.24) is 0 Å². The Labute approximate surface area is 109 Å². The van der Waals surface area contributed by atoms with Gasteiger partial charge in [0.15, 0.2) is 0 Å². The van der Waals surface area contributed by atoms with E-state index in [4.69, 9.17) is 5.73 Å². The summed E-state index contributed by atoms with van der Waals surface area (Å²) in [6.07, 6.45) is 3.89. The monoisotopic (exact) mass is 246 g/mol. The van der Waals surface area contributed by atoms with Crippen molar-refractivity contribution in [1.29, 1.82) is 0 Å². The Morgan fingerprint density at radius 3 is 2.78 bits per heavy atom. The van der Waals surface area contributed by atoms with Crippen LogP contribution in [0, 0.1) is 19.8 Å². The van der Waals surface area contributed by atoms with Crippen molar-refractivity contribution < 1.29 is 4.79 Å². The number of aryl methyl sites for hydroxylation is 2. The lowest BCUT2D eigenvalue weighted by molar-refractivity contribution is -0.120. The zero-order valence-electron chi connectivity index (χ0n) is 11.2. The molecule has 18 heavy (non-hydrogen) atoms. The number of carbonyl (C=O) groups is 1. The van der Waals surface area contributed by atoms with Crippen LogP contribution in [0.3, 0.4) is 0 Å². The third-order valence-corrected chi connectivity index (χ3v) is 3.73. The Kier molecular flexibility index (Phi) is 4.02. The molecule has 1 aliphatic carbocycles. The lowest BCUT2D eigenvalue weighted by Gasteiger charge is -2.25. The fraction of sp³-hybridized carbons (Fsp3) is 0.533. The number of rotatable bonds is 2. The number of nitrogens with two attached hydrogens (primary N) is 1. The van der Waals surface area contributed by atoms with Gasteiger partial charge in [-0.15, -0.1) is 0 Å². The van der Waals surface area contributed by atoms with Gasteiger partial charge in [-0.25, -0.2) is 0 Å². The summed E-state index contributed by atoms with van der Waals surface area (Å²) in [5.74, 6) is 0.201. The summed E-state index contributed by atoms with van der Waals surface area (Å²) >= 11 is 0. The van der Waals surface area contributed by atoms with Crippen LogP contribution in [0.2, 0.25) is 0 Å². The fourth-order valence-corrected chi connectivity index (χ4v) is 2.65. The molecule has 1 saturated carbocycles. The first-order valence-electron chi connectivity index (χ1n) is 6.70. The first kappa shape index (κ1) is 13.1. The average molecular weight is 246 g/mol. The summed E-state index contributed by atoms with van der Waals surface area (Å²) in [4.78, 5) is 12.2. The highest BCUT2D eigenvalue weighted by atomic mass is 16.1. The molecule has 0 aliphatic heterocycles. The lowest BCUT2D eigenvalue weighted by Crippen LogP contribution is -2.34. The van der Waals surface area contributed by atoms with E-state index in [2.05, 4.69) is 18.3 Å². The molecule has 3 heteroatoms. The first-order chi connectivity index (χ1) is 8.56. The maximum absolute atomic E-state index is 12.2. The normalized spacial score (nSPS) is 23.7. The molecule has 1 fully saturated rings. The van der Waals surface area contributed by atoms with E-state index in [0.29, 0.717) is 0 Å². The molecule has 0 radical (unpaired) electrons. The fourth-order valence-electron chi connectivity index (χ4n) is 2.65. The summed E-state index contributed by atoms with van der Waals surface area (Å²) in [5.41, 5.74) is 9.17. The predicted molar refractivity (Wildman–Crippen MR) is 74.5 cm³/mol. The number of amides is 1. The van der Waals surface area contributed by atoms with Gasteiger partial charge in [-0.3, -0.25) is 4.79 Å². The average Bonchev–Trinajstić information content (AvgIpc) is 2.32. The van der Waals surface area contributed by atoms with Crippen LogP contribution in [0.4, 0.5) is 5.69 Å². The van der Waals surface area contributed by atoms with E-state index in [1.54, 1.807) is 0 Å². The SMILES string of the molecule is Cc1ccc(NC(=O)C2CCCC(N)C2)c(C)c1. The van der Waals surface area contributed by atoms with Gasteiger partial charge in [0, 0.05) is 17.6 Å². The molecule has 2 rings (SSSR count). The molecule has 0 aromatic heterocycles. The van der Waals surface area contributed by atoms with Gasteiger partial charge in [-0.2, -0.15) is 0 Å². The summed E-state index contributed by atoms with van der Waals surface area (Å²) < 4.78 is 0. The molecule has 3 nitrogen and oxygen atoms in total. The van der Waals surface area contributed by atoms with Crippen molar-refractivity contribution in [3.8, 4) is 0 Å².